The first kappa shape index (κ1) is 17.6. The molecule has 128 valence electrons. The van der Waals surface area contributed by atoms with Crippen LogP contribution in [0.4, 0.5) is 10.1 Å². The molecule has 0 aliphatic carbocycles. The van der Waals surface area contributed by atoms with Crippen molar-refractivity contribution < 1.29 is 9.18 Å². The summed E-state index contributed by atoms with van der Waals surface area (Å²) in [6, 6.07) is 11.9. The average molecular weight is 421 g/mol. The van der Waals surface area contributed by atoms with Crippen molar-refractivity contribution in [2.45, 2.75) is 12.1 Å². The lowest BCUT2D eigenvalue weighted by molar-refractivity contribution is -0.113. The van der Waals surface area contributed by atoms with Crippen molar-refractivity contribution in [3.05, 3.63) is 58.3 Å². The van der Waals surface area contributed by atoms with Gasteiger partial charge in [0.15, 0.2) is 5.82 Å². The van der Waals surface area contributed by atoms with Crippen molar-refractivity contribution in [1.29, 1.82) is 0 Å². The Bertz CT molecular complexity index is 915. The topological polar surface area (TPSA) is 70.7 Å². The van der Waals surface area contributed by atoms with Gasteiger partial charge in [-0.3, -0.25) is 9.89 Å². The number of carbonyl (C=O) groups excluding carboxylic acids is 1. The van der Waals surface area contributed by atoms with E-state index in [1.165, 1.54) is 17.8 Å². The Labute approximate surface area is 156 Å². The van der Waals surface area contributed by atoms with Crippen LogP contribution in [-0.2, 0) is 4.79 Å². The summed E-state index contributed by atoms with van der Waals surface area (Å²) in [5, 5.41) is 9.91. The molecule has 0 radical (unpaired) electrons. The van der Waals surface area contributed by atoms with E-state index in [1.807, 2.05) is 25.1 Å². The van der Waals surface area contributed by atoms with Crippen LogP contribution in [0.25, 0.3) is 11.4 Å². The zero-order chi connectivity index (χ0) is 17.8. The number of H-pyrrole nitrogens is 1. The number of halogens is 2. The molecule has 25 heavy (non-hydrogen) atoms. The maximum absolute atomic E-state index is 13.7. The second-order valence-corrected chi connectivity index (χ2v) is 7.04. The van der Waals surface area contributed by atoms with E-state index in [2.05, 4.69) is 36.4 Å². The second kappa shape index (κ2) is 7.79. The molecule has 1 aromatic heterocycles. The van der Waals surface area contributed by atoms with Gasteiger partial charge in [0.2, 0.25) is 11.1 Å². The molecule has 0 saturated heterocycles. The highest BCUT2D eigenvalue weighted by molar-refractivity contribution is 9.10. The van der Waals surface area contributed by atoms with E-state index in [-0.39, 0.29) is 17.5 Å². The molecule has 1 heterocycles. The first-order valence-electron chi connectivity index (χ1n) is 7.39. The van der Waals surface area contributed by atoms with E-state index >= 15 is 0 Å². The fourth-order valence-corrected chi connectivity index (χ4v) is 2.98. The molecule has 0 fully saturated rings. The standard InChI is InChI=1S/C17H14BrFN4OS/c1-10-8-11(6-7-13(10)18)20-15(24)9-25-17-21-16(22-23-17)12-4-2-3-5-14(12)19/h2-8H,9H2,1H3,(H,20,24)(H,21,22,23). The third kappa shape index (κ3) is 4.46. The monoisotopic (exact) mass is 420 g/mol. The van der Waals surface area contributed by atoms with Crippen molar-refractivity contribution >= 4 is 39.3 Å². The first-order valence-corrected chi connectivity index (χ1v) is 9.17. The summed E-state index contributed by atoms with van der Waals surface area (Å²) < 4.78 is 14.7. The number of rotatable bonds is 5. The highest BCUT2D eigenvalue weighted by Gasteiger charge is 2.12. The minimum Gasteiger partial charge on any atom is -0.325 e. The van der Waals surface area contributed by atoms with Crippen LogP contribution in [0.1, 0.15) is 5.56 Å². The van der Waals surface area contributed by atoms with E-state index in [1.54, 1.807) is 18.2 Å². The van der Waals surface area contributed by atoms with Crippen LogP contribution in [0, 0.1) is 12.7 Å². The minimum atomic E-state index is -0.376. The number of aromatic nitrogens is 3. The van der Waals surface area contributed by atoms with Crippen LogP contribution in [0.3, 0.4) is 0 Å². The smallest absolute Gasteiger partial charge is 0.234 e. The third-order valence-electron chi connectivity index (χ3n) is 3.37. The number of thioether (sulfide) groups is 1. The normalized spacial score (nSPS) is 10.7. The van der Waals surface area contributed by atoms with Gasteiger partial charge in [0.1, 0.15) is 5.82 Å². The predicted octanol–water partition coefficient (Wildman–Crippen LogP) is 4.41. The highest BCUT2D eigenvalue weighted by atomic mass is 79.9. The molecule has 2 N–H and O–H groups in total. The van der Waals surface area contributed by atoms with Crippen molar-refractivity contribution in [3.63, 3.8) is 0 Å². The van der Waals surface area contributed by atoms with E-state index in [0.717, 1.165) is 15.7 Å². The predicted molar refractivity (Wildman–Crippen MR) is 100 cm³/mol. The number of benzene rings is 2. The fraction of sp³-hybridized carbons (Fsp3) is 0.118. The number of amides is 1. The van der Waals surface area contributed by atoms with Gasteiger partial charge in [-0.25, -0.2) is 9.37 Å². The molecule has 0 spiro atoms. The van der Waals surface area contributed by atoms with Gasteiger partial charge >= 0.3 is 0 Å². The van der Waals surface area contributed by atoms with Gasteiger partial charge in [0, 0.05) is 10.2 Å². The van der Waals surface area contributed by atoms with Crippen LogP contribution in [-0.4, -0.2) is 26.8 Å². The van der Waals surface area contributed by atoms with Gasteiger partial charge in [-0.05, 0) is 42.8 Å². The number of hydrogen-bond donors (Lipinski definition) is 2. The van der Waals surface area contributed by atoms with E-state index in [0.29, 0.717) is 16.5 Å². The van der Waals surface area contributed by atoms with Crippen LogP contribution in [0.15, 0.2) is 52.1 Å². The van der Waals surface area contributed by atoms with Crippen molar-refractivity contribution in [2.75, 3.05) is 11.1 Å². The summed E-state index contributed by atoms with van der Waals surface area (Å²) in [5.74, 6) is -0.0454. The van der Waals surface area contributed by atoms with E-state index in [9.17, 15) is 9.18 Å². The molecule has 0 aliphatic heterocycles. The van der Waals surface area contributed by atoms with Crippen molar-refractivity contribution in [1.82, 2.24) is 15.2 Å². The molecular weight excluding hydrogens is 407 g/mol. The molecule has 0 aliphatic rings. The van der Waals surface area contributed by atoms with Crippen LogP contribution >= 0.6 is 27.7 Å². The SMILES string of the molecule is Cc1cc(NC(=O)CSc2n[nH]c(-c3ccccc3F)n2)ccc1Br. The number of hydrogen-bond acceptors (Lipinski definition) is 4. The molecule has 0 unspecified atom stereocenters. The minimum absolute atomic E-state index is 0.156. The molecule has 0 bridgehead atoms. The molecule has 3 rings (SSSR count). The second-order valence-electron chi connectivity index (χ2n) is 5.25. The number of aryl methyl sites for hydroxylation is 1. The number of carbonyl (C=O) groups is 1. The molecule has 1 amide bonds. The summed E-state index contributed by atoms with van der Waals surface area (Å²) >= 11 is 4.60. The fourth-order valence-electron chi connectivity index (χ4n) is 2.13. The summed E-state index contributed by atoms with van der Waals surface area (Å²) in [7, 11) is 0. The lowest BCUT2D eigenvalue weighted by Crippen LogP contribution is -2.14. The summed E-state index contributed by atoms with van der Waals surface area (Å²) in [5.41, 5.74) is 2.11. The van der Waals surface area contributed by atoms with Crippen LogP contribution in [0.2, 0.25) is 0 Å². The molecule has 0 saturated carbocycles. The Morgan fingerprint density at radius 1 is 1.32 bits per heavy atom. The quantitative estimate of drug-likeness (QED) is 0.599. The Hall–Kier alpha value is -2.19. The highest BCUT2D eigenvalue weighted by Crippen LogP contribution is 2.23. The van der Waals surface area contributed by atoms with Gasteiger partial charge in [-0.2, -0.15) is 0 Å². The largest absolute Gasteiger partial charge is 0.325 e. The first-order chi connectivity index (χ1) is 12.0. The summed E-state index contributed by atoms with van der Waals surface area (Å²) in [6.07, 6.45) is 0. The summed E-state index contributed by atoms with van der Waals surface area (Å²) in [4.78, 5) is 16.3. The molecule has 0 atom stereocenters. The van der Waals surface area contributed by atoms with E-state index < -0.39 is 0 Å². The van der Waals surface area contributed by atoms with E-state index in [4.69, 9.17) is 0 Å². The zero-order valence-electron chi connectivity index (χ0n) is 13.2. The third-order valence-corrected chi connectivity index (χ3v) is 5.10. The van der Waals surface area contributed by atoms with Gasteiger partial charge < -0.3 is 5.32 Å². The Kier molecular flexibility index (Phi) is 5.50. The Balaban J connectivity index is 1.59. The van der Waals surface area contributed by atoms with Gasteiger partial charge in [0.25, 0.3) is 0 Å². The number of aromatic amines is 1. The molecular formula is C17H14BrFN4OS. The zero-order valence-corrected chi connectivity index (χ0v) is 15.6. The molecule has 8 heteroatoms. The number of nitrogens with zero attached hydrogens (tertiary/aromatic N) is 2. The molecule has 2 aromatic carbocycles. The molecule has 3 aromatic rings. The van der Waals surface area contributed by atoms with Crippen molar-refractivity contribution in [2.24, 2.45) is 0 Å². The van der Waals surface area contributed by atoms with Gasteiger partial charge in [-0.1, -0.05) is 39.8 Å². The van der Waals surface area contributed by atoms with Gasteiger partial charge in [-0.15, -0.1) is 5.10 Å². The van der Waals surface area contributed by atoms with Crippen LogP contribution < -0.4 is 5.32 Å². The summed E-state index contributed by atoms with van der Waals surface area (Å²) in [6.45, 7) is 1.95. The Morgan fingerprint density at radius 2 is 2.12 bits per heavy atom. The maximum atomic E-state index is 13.7. The number of nitrogens with one attached hydrogen (secondary N) is 2. The lowest BCUT2D eigenvalue weighted by Gasteiger charge is -2.06. The average Bonchev–Trinajstić information content (AvgIpc) is 3.05. The lowest BCUT2D eigenvalue weighted by atomic mass is 10.2. The van der Waals surface area contributed by atoms with Crippen molar-refractivity contribution in [3.8, 4) is 11.4 Å². The maximum Gasteiger partial charge on any atom is 0.234 e. The van der Waals surface area contributed by atoms with Gasteiger partial charge in [0.05, 0.1) is 11.3 Å². The molecule has 5 nitrogen and oxygen atoms in total. The van der Waals surface area contributed by atoms with Crippen LogP contribution in [0.5, 0.6) is 0 Å². The Morgan fingerprint density at radius 3 is 2.88 bits per heavy atom. The number of anilines is 1.